The zero-order valence-electron chi connectivity index (χ0n) is 13.2. The molecule has 0 saturated carbocycles. The molecule has 0 aliphatic carbocycles. The molecular weight excluding hydrogens is 309 g/mol. The van der Waals surface area contributed by atoms with Crippen molar-refractivity contribution < 1.29 is 13.9 Å². The number of anilines is 1. The molecule has 1 heterocycles. The van der Waals surface area contributed by atoms with Crippen molar-refractivity contribution in [3.05, 3.63) is 65.5 Å². The lowest BCUT2D eigenvalue weighted by Crippen LogP contribution is -2.33. The highest BCUT2D eigenvalue weighted by atomic mass is 19.1. The molecule has 0 bridgehead atoms. The molecule has 3 rings (SSSR count). The van der Waals surface area contributed by atoms with Crippen LogP contribution in [0.25, 0.3) is 0 Å². The number of morpholine rings is 1. The van der Waals surface area contributed by atoms with Gasteiger partial charge in [-0.2, -0.15) is 0 Å². The number of urea groups is 1. The van der Waals surface area contributed by atoms with Crippen LogP contribution in [0.1, 0.15) is 17.2 Å². The number of carbonyl (C=O) groups excluding carboxylic acids is 1. The first-order chi connectivity index (χ1) is 11.7. The van der Waals surface area contributed by atoms with Crippen LogP contribution in [0.3, 0.4) is 0 Å². The molecule has 1 saturated heterocycles. The number of amides is 2. The van der Waals surface area contributed by atoms with Gasteiger partial charge in [0, 0.05) is 25.3 Å². The van der Waals surface area contributed by atoms with Gasteiger partial charge < -0.3 is 20.7 Å². The van der Waals surface area contributed by atoms with Crippen molar-refractivity contribution >= 4 is 11.7 Å². The van der Waals surface area contributed by atoms with Crippen LogP contribution < -0.4 is 16.0 Å². The Morgan fingerprint density at radius 2 is 1.92 bits per heavy atom. The van der Waals surface area contributed by atoms with Crippen molar-refractivity contribution in [2.24, 2.45) is 0 Å². The molecule has 126 valence electrons. The first kappa shape index (κ1) is 16.4. The number of carbonyl (C=O) groups is 1. The molecule has 2 aromatic carbocycles. The van der Waals surface area contributed by atoms with Crippen molar-refractivity contribution in [1.82, 2.24) is 10.6 Å². The zero-order chi connectivity index (χ0) is 16.8. The van der Waals surface area contributed by atoms with E-state index in [0.717, 1.165) is 24.2 Å². The Balaban J connectivity index is 1.49. The van der Waals surface area contributed by atoms with E-state index in [0.29, 0.717) is 18.8 Å². The van der Waals surface area contributed by atoms with Crippen LogP contribution in [0.2, 0.25) is 0 Å². The maximum atomic E-state index is 12.8. The van der Waals surface area contributed by atoms with Gasteiger partial charge in [0.25, 0.3) is 0 Å². The summed E-state index contributed by atoms with van der Waals surface area (Å²) in [5.41, 5.74) is 2.63. The fourth-order valence-corrected chi connectivity index (χ4v) is 2.52. The summed E-state index contributed by atoms with van der Waals surface area (Å²) in [6, 6.07) is 13.3. The lowest BCUT2D eigenvalue weighted by molar-refractivity contribution is 0.0277. The molecule has 1 fully saturated rings. The van der Waals surface area contributed by atoms with Gasteiger partial charge in [-0.05, 0) is 35.4 Å². The van der Waals surface area contributed by atoms with E-state index in [1.807, 2.05) is 24.3 Å². The van der Waals surface area contributed by atoms with Gasteiger partial charge in [-0.15, -0.1) is 0 Å². The van der Waals surface area contributed by atoms with Gasteiger partial charge in [0.2, 0.25) is 0 Å². The Hall–Kier alpha value is -2.44. The van der Waals surface area contributed by atoms with Crippen molar-refractivity contribution in [2.45, 2.75) is 12.6 Å². The van der Waals surface area contributed by atoms with Gasteiger partial charge in [-0.3, -0.25) is 0 Å². The Kier molecular flexibility index (Phi) is 5.40. The molecule has 0 spiro atoms. The van der Waals surface area contributed by atoms with Gasteiger partial charge >= 0.3 is 6.03 Å². The second kappa shape index (κ2) is 7.90. The average molecular weight is 329 g/mol. The largest absolute Gasteiger partial charge is 0.371 e. The molecule has 3 N–H and O–H groups in total. The first-order valence-corrected chi connectivity index (χ1v) is 7.92. The van der Waals surface area contributed by atoms with Gasteiger partial charge in [0.15, 0.2) is 0 Å². The molecule has 2 aromatic rings. The van der Waals surface area contributed by atoms with E-state index in [1.165, 1.54) is 12.1 Å². The molecule has 5 nitrogen and oxygen atoms in total. The van der Waals surface area contributed by atoms with Gasteiger partial charge in [0.1, 0.15) is 5.82 Å². The van der Waals surface area contributed by atoms with E-state index in [1.54, 1.807) is 12.1 Å². The minimum atomic E-state index is -0.303. The van der Waals surface area contributed by atoms with Crippen LogP contribution in [0.15, 0.2) is 48.5 Å². The second-order valence-corrected chi connectivity index (χ2v) is 5.62. The average Bonchev–Trinajstić information content (AvgIpc) is 2.63. The SMILES string of the molecule is O=C(NCc1ccc(F)cc1)Nc1ccc(C2CNCCO2)cc1. The summed E-state index contributed by atoms with van der Waals surface area (Å²) < 4.78 is 18.5. The molecule has 1 aliphatic rings. The van der Waals surface area contributed by atoms with E-state index in [4.69, 9.17) is 4.74 Å². The second-order valence-electron chi connectivity index (χ2n) is 5.62. The van der Waals surface area contributed by atoms with Gasteiger partial charge in [-0.1, -0.05) is 24.3 Å². The van der Waals surface area contributed by atoms with E-state index >= 15 is 0 Å². The van der Waals surface area contributed by atoms with Crippen molar-refractivity contribution in [1.29, 1.82) is 0 Å². The molecule has 24 heavy (non-hydrogen) atoms. The summed E-state index contributed by atoms with van der Waals surface area (Å²) in [7, 11) is 0. The molecule has 1 unspecified atom stereocenters. The van der Waals surface area contributed by atoms with E-state index in [-0.39, 0.29) is 18.0 Å². The number of benzene rings is 2. The fraction of sp³-hybridized carbons (Fsp3) is 0.278. The molecule has 2 amide bonds. The van der Waals surface area contributed by atoms with Crippen LogP contribution in [0, 0.1) is 5.82 Å². The van der Waals surface area contributed by atoms with E-state index in [9.17, 15) is 9.18 Å². The monoisotopic (exact) mass is 329 g/mol. The van der Waals surface area contributed by atoms with Crippen molar-refractivity contribution in [3.63, 3.8) is 0 Å². The van der Waals surface area contributed by atoms with Crippen LogP contribution in [-0.4, -0.2) is 25.7 Å². The van der Waals surface area contributed by atoms with Gasteiger partial charge in [-0.25, -0.2) is 9.18 Å². The summed E-state index contributed by atoms with van der Waals surface area (Å²) in [6.45, 7) is 2.72. The lowest BCUT2D eigenvalue weighted by Gasteiger charge is -2.24. The summed E-state index contributed by atoms with van der Waals surface area (Å²) in [5.74, 6) is -0.291. The minimum absolute atomic E-state index is 0.0557. The molecule has 6 heteroatoms. The number of nitrogens with one attached hydrogen (secondary N) is 3. The summed E-state index contributed by atoms with van der Waals surface area (Å²) in [4.78, 5) is 11.9. The van der Waals surface area contributed by atoms with Crippen LogP contribution in [0.4, 0.5) is 14.9 Å². The number of rotatable bonds is 4. The number of halogens is 1. The minimum Gasteiger partial charge on any atom is -0.371 e. The quantitative estimate of drug-likeness (QED) is 0.808. The predicted molar refractivity (Wildman–Crippen MR) is 90.3 cm³/mol. The summed E-state index contributed by atoms with van der Waals surface area (Å²) >= 11 is 0. The molecule has 1 aliphatic heterocycles. The Morgan fingerprint density at radius 3 is 2.58 bits per heavy atom. The predicted octanol–water partition coefficient (Wildman–Crippen LogP) is 2.81. The maximum Gasteiger partial charge on any atom is 0.319 e. The molecule has 0 aromatic heterocycles. The summed E-state index contributed by atoms with van der Waals surface area (Å²) in [6.07, 6.45) is 0.0557. The zero-order valence-corrected chi connectivity index (χ0v) is 13.2. The van der Waals surface area contributed by atoms with Crippen LogP contribution >= 0.6 is 0 Å². The number of ether oxygens (including phenoxy) is 1. The Morgan fingerprint density at radius 1 is 1.17 bits per heavy atom. The van der Waals surface area contributed by atoms with E-state index in [2.05, 4.69) is 16.0 Å². The summed E-state index contributed by atoms with van der Waals surface area (Å²) in [5, 5.41) is 8.80. The first-order valence-electron chi connectivity index (χ1n) is 7.92. The smallest absolute Gasteiger partial charge is 0.319 e. The van der Waals surface area contributed by atoms with Crippen molar-refractivity contribution in [2.75, 3.05) is 25.0 Å². The fourth-order valence-electron chi connectivity index (χ4n) is 2.52. The van der Waals surface area contributed by atoms with Crippen LogP contribution in [0.5, 0.6) is 0 Å². The maximum absolute atomic E-state index is 12.8. The third-order valence-corrected chi connectivity index (χ3v) is 3.83. The standard InChI is InChI=1S/C18H20FN3O2/c19-15-5-1-13(2-6-15)11-21-18(23)22-16-7-3-14(4-8-16)17-12-20-9-10-24-17/h1-8,17,20H,9-12H2,(H2,21,22,23). The normalized spacial score (nSPS) is 17.3. The number of hydrogen-bond acceptors (Lipinski definition) is 3. The molecule has 1 atom stereocenters. The van der Waals surface area contributed by atoms with Crippen molar-refractivity contribution in [3.8, 4) is 0 Å². The highest BCUT2D eigenvalue weighted by Crippen LogP contribution is 2.20. The highest BCUT2D eigenvalue weighted by Gasteiger charge is 2.15. The topological polar surface area (TPSA) is 62.4 Å². The highest BCUT2D eigenvalue weighted by molar-refractivity contribution is 5.89. The molecule has 0 radical (unpaired) electrons. The number of hydrogen-bond donors (Lipinski definition) is 3. The third-order valence-electron chi connectivity index (χ3n) is 3.83. The Labute approximate surface area is 140 Å². The Bertz CT molecular complexity index is 668. The molecular formula is C18H20FN3O2. The van der Waals surface area contributed by atoms with Crippen LogP contribution in [-0.2, 0) is 11.3 Å². The van der Waals surface area contributed by atoms with E-state index < -0.39 is 0 Å². The lowest BCUT2D eigenvalue weighted by atomic mass is 10.1. The van der Waals surface area contributed by atoms with Gasteiger partial charge in [0.05, 0.1) is 12.7 Å². The third kappa shape index (κ3) is 4.53.